The molecule has 2 aromatic carbocycles. The molecule has 1 saturated carbocycles. The van der Waals surface area contributed by atoms with Crippen LogP contribution in [0.5, 0.6) is 5.75 Å². The van der Waals surface area contributed by atoms with Gasteiger partial charge in [0.05, 0.1) is 22.4 Å². The zero-order chi connectivity index (χ0) is 29.7. The van der Waals surface area contributed by atoms with Crippen molar-refractivity contribution in [1.82, 2.24) is 4.72 Å². The highest BCUT2D eigenvalue weighted by atomic mass is 32.2. The van der Waals surface area contributed by atoms with E-state index in [2.05, 4.69) is 14.8 Å². The van der Waals surface area contributed by atoms with Gasteiger partial charge < -0.3 is 9.47 Å². The van der Waals surface area contributed by atoms with Gasteiger partial charge in [0.1, 0.15) is 11.9 Å². The van der Waals surface area contributed by atoms with Crippen LogP contribution in [-0.4, -0.2) is 59.1 Å². The first-order valence-corrected chi connectivity index (χ1v) is 14.7. The molecule has 1 atom stereocenters. The molecule has 0 spiro atoms. The fourth-order valence-corrected chi connectivity index (χ4v) is 6.55. The molecule has 1 heterocycles. The summed E-state index contributed by atoms with van der Waals surface area (Å²) in [7, 11) is -8.28. The molecule has 0 aromatic heterocycles. The van der Waals surface area contributed by atoms with E-state index in [4.69, 9.17) is 4.74 Å². The number of nitrogens with one attached hydrogen (secondary N) is 2. The fraction of sp³-hybridized carbons (Fsp3) is 0.435. The molecular weight excluding hydrogens is 589 g/mol. The Hall–Kier alpha value is -3.18. The van der Waals surface area contributed by atoms with Crippen LogP contribution in [0.2, 0.25) is 0 Å². The van der Waals surface area contributed by atoms with E-state index in [1.54, 1.807) is 0 Å². The first-order valence-electron chi connectivity index (χ1n) is 11.7. The molecule has 1 aliphatic heterocycles. The zero-order valence-electron chi connectivity index (χ0n) is 21.0. The average molecular weight is 614 g/mol. The fourth-order valence-electron chi connectivity index (χ4n) is 3.63. The Bertz CT molecular complexity index is 1530. The minimum atomic E-state index is -4.88. The maximum atomic E-state index is 13.9. The molecule has 2 N–H and O–H groups in total. The molecule has 0 bridgehead atoms. The Labute approximate surface area is 226 Å². The normalized spacial score (nSPS) is 18.1. The van der Waals surface area contributed by atoms with E-state index in [1.165, 1.54) is 12.1 Å². The van der Waals surface area contributed by atoms with Crippen molar-refractivity contribution in [2.45, 2.75) is 54.7 Å². The van der Waals surface area contributed by atoms with Crippen LogP contribution >= 0.6 is 0 Å². The number of sulfonamides is 2. The second-order valence-electron chi connectivity index (χ2n) is 9.65. The van der Waals surface area contributed by atoms with E-state index in [1.807, 2.05) is 0 Å². The van der Waals surface area contributed by atoms with Crippen LogP contribution in [0.3, 0.4) is 0 Å². The number of carbonyl (C=O) groups excluding carboxylic acids is 1. The lowest BCUT2D eigenvalue weighted by Gasteiger charge is -2.36. The summed E-state index contributed by atoms with van der Waals surface area (Å²) in [6, 6.07) is 5.37. The topological polar surface area (TPSA) is 131 Å². The Morgan fingerprint density at radius 1 is 1.05 bits per heavy atom. The molecule has 1 unspecified atom stereocenters. The summed E-state index contributed by atoms with van der Waals surface area (Å²) in [6.45, 7) is 0.472. The summed E-state index contributed by atoms with van der Waals surface area (Å²) in [6.07, 6.45) is -6.45. The van der Waals surface area contributed by atoms with Gasteiger partial charge in [-0.2, -0.15) is 13.2 Å². The van der Waals surface area contributed by atoms with E-state index >= 15 is 0 Å². The van der Waals surface area contributed by atoms with Crippen molar-refractivity contribution < 1.29 is 53.1 Å². The third-order valence-corrected chi connectivity index (χ3v) is 9.82. The number of ether oxygens (including phenoxy) is 2. The number of alkyl halides is 3. The SMILES string of the molecule is CC(C)(OC(=O)Nc1ccc2c(c1)N(S(=O)(=O)c1ccc(F)c(F)c1)CC(CNS(=O)(=O)C1CC1)O2)C(F)(F)F. The average Bonchev–Trinajstić information content (AvgIpc) is 3.69. The monoisotopic (exact) mass is 613 g/mol. The van der Waals surface area contributed by atoms with Crippen LogP contribution in [-0.2, 0) is 24.8 Å². The smallest absolute Gasteiger partial charge is 0.427 e. The standard InChI is InChI=1S/C23H24F5N3O7S2/c1-22(2,23(26,27)28)38-21(32)30-13-3-8-20-19(9-13)31(40(35,36)16-6-7-17(24)18(25)10-16)12-14(37-20)11-29-39(33,34)15-4-5-15/h3,6-10,14-15,29H,4-5,11-12H2,1-2H3,(H,30,32). The van der Waals surface area contributed by atoms with Crippen molar-refractivity contribution >= 4 is 37.5 Å². The Morgan fingerprint density at radius 3 is 2.33 bits per heavy atom. The lowest BCUT2D eigenvalue weighted by Crippen LogP contribution is -2.48. The molecule has 4 rings (SSSR count). The van der Waals surface area contributed by atoms with E-state index in [0.29, 0.717) is 38.8 Å². The summed E-state index contributed by atoms with van der Waals surface area (Å²) in [5.74, 6) is -2.82. The van der Waals surface area contributed by atoms with Crippen molar-refractivity contribution in [3.63, 3.8) is 0 Å². The quantitative estimate of drug-likeness (QED) is 0.432. The minimum absolute atomic E-state index is 0.0948. The van der Waals surface area contributed by atoms with Crippen LogP contribution < -0.4 is 19.1 Å². The van der Waals surface area contributed by atoms with Crippen molar-refractivity contribution in [2.24, 2.45) is 0 Å². The van der Waals surface area contributed by atoms with Crippen LogP contribution in [0, 0.1) is 11.6 Å². The van der Waals surface area contributed by atoms with E-state index < -0.39 is 72.3 Å². The van der Waals surface area contributed by atoms with Crippen LogP contribution in [0.1, 0.15) is 26.7 Å². The number of benzene rings is 2. The predicted molar refractivity (Wildman–Crippen MR) is 132 cm³/mol. The minimum Gasteiger partial charge on any atom is -0.485 e. The van der Waals surface area contributed by atoms with Crippen molar-refractivity contribution in [2.75, 3.05) is 22.7 Å². The summed E-state index contributed by atoms with van der Waals surface area (Å²) < 4.78 is 132. The van der Waals surface area contributed by atoms with Crippen LogP contribution in [0.15, 0.2) is 41.3 Å². The molecule has 1 fully saturated rings. The predicted octanol–water partition coefficient (Wildman–Crippen LogP) is 3.89. The van der Waals surface area contributed by atoms with Gasteiger partial charge in [0.25, 0.3) is 10.0 Å². The van der Waals surface area contributed by atoms with Gasteiger partial charge in [-0.15, -0.1) is 0 Å². The third kappa shape index (κ3) is 6.25. The number of hydrogen-bond donors (Lipinski definition) is 2. The molecular formula is C23H24F5N3O7S2. The third-order valence-electron chi connectivity index (χ3n) is 6.12. The zero-order valence-corrected chi connectivity index (χ0v) is 22.6. The molecule has 2 aliphatic rings. The van der Waals surface area contributed by atoms with Crippen molar-refractivity contribution in [3.8, 4) is 5.75 Å². The maximum absolute atomic E-state index is 13.9. The highest BCUT2D eigenvalue weighted by molar-refractivity contribution is 7.92. The van der Waals surface area contributed by atoms with Gasteiger partial charge in [-0.3, -0.25) is 9.62 Å². The summed E-state index contributed by atoms with van der Waals surface area (Å²) in [5, 5.41) is 1.53. The number of carbonyl (C=O) groups is 1. The second-order valence-corrected chi connectivity index (χ2v) is 13.6. The number of halogens is 5. The summed E-state index contributed by atoms with van der Waals surface area (Å²) >= 11 is 0. The van der Waals surface area contributed by atoms with Gasteiger partial charge in [-0.25, -0.2) is 35.1 Å². The summed E-state index contributed by atoms with van der Waals surface area (Å²) in [5.41, 5.74) is -3.22. The lowest BCUT2D eigenvalue weighted by atomic mass is 10.1. The first-order chi connectivity index (χ1) is 18.4. The number of amides is 1. The number of hydrogen-bond acceptors (Lipinski definition) is 7. The molecule has 10 nitrogen and oxygen atoms in total. The highest BCUT2D eigenvalue weighted by Crippen LogP contribution is 2.40. The van der Waals surface area contributed by atoms with E-state index in [9.17, 15) is 43.6 Å². The van der Waals surface area contributed by atoms with Gasteiger partial charge >= 0.3 is 12.3 Å². The van der Waals surface area contributed by atoms with Gasteiger partial charge in [-0.1, -0.05) is 0 Å². The molecule has 0 saturated heterocycles. The van der Waals surface area contributed by atoms with E-state index in [0.717, 1.165) is 16.4 Å². The number of fused-ring (bicyclic) bond motifs is 1. The lowest BCUT2D eigenvalue weighted by molar-refractivity contribution is -0.242. The number of nitrogens with zero attached hydrogens (tertiary/aromatic N) is 1. The van der Waals surface area contributed by atoms with Crippen LogP contribution in [0.25, 0.3) is 0 Å². The molecule has 220 valence electrons. The highest BCUT2D eigenvalue weighted by Gasteiger charge is 2.51. The molecule has 1 aliphatic carbocycles. The Morgan fingerprint density at radius 2 is 1.73 bits per heavy atom. The van der Waals surface area contributed by atoms with Crippen molar-refractivity contribution in [1.29, 1.82) is 0 Å². The first kappa shape index (κ1) is 29.8. The molecule has 1 amide bonds. The number of anilines is 2. The summed E-state index contributed by atoms with van der Waals surface area (Å²) in [4.78, 5) is 11.5. The van der Waals surface area contributed by atoms with Gasteiger partial charge in [0.2, 0.25) is 15.6 Å². The maximum Gasteiger partial charge on any atom is 0.427 e. The van der Waals surface area contributed by atoms with Crippen LogP contribution in [0.4, 0.5) is 38.1 Å². The van der Waals surface area contributed by atoms with E-state index in [-0.39, 0.29) is 23.7 Å². The number of rotatable bonds is 8. The van der Waals surface area contributed by atoms with Gasteiger partial charge in [-0.05, 0) is 63.1 Å². The Kier molecular flexibility index (Phi) is 7.70. The Balaban J connectivity index is 1.65. The largest absolute Gasteiger partial charge is 0.485 e. The molecule has 0 radical (unpaired) electrons. The molecule has 40 heavy (non-hydrogen) atoms. The molecule has 17 heteroatoms. The van der Waals surface area contributed by atoms with Gasteiger partial charge in [0.15, 0.2) is 11.6 Å². The van der Waals surface area contributed by atoms with Crippen molar-refractivity contribution in [3.05, 3.63) is 48.0 Å². The molecule has 2 aromatic rings. The van der Waals surface area contributed by atoms with Gasteiger partial charge in [0, 0.05) is 12.2 Å². The second kappa shape index (κ2) is 10.3.